The summed E-state index contributed by atoms with van der Waals surface area (Å²) in [5, 5.41) is 0.734. The standard InChI is InChI=1S/C17H22F2N4OSi/c1-25(2,3)7-6-24-11-23-5-4-12-15(21-10-22-17(12)23)13-8-20-9-14(13)16(18)19/h4-5,8,10,16H,6-7,9,11H2,1-3H3. The summed E-state index contributed by atoms with van der Waals surface area (Å²) in [6, 6.07) is 2.93. The molecule has 3 heterocycles. The number of ether oxygens (including phenoxy) is 1. The van der Waals surface area contributed by atoms with Crippen LogP contribution < -0.4 is 0 Å². The van der Waals surface area contributed by atoms with E-state index in [9.17, 15) is 8.78 Å². The van der Waals surface area contributed by atoms with Crippen LogP contribution in [0.25, 0.3) is 16.6 Å². The van der Waals surface area contributed by atoms with Crippen LogP contribution in [0.5, 0.6) is 0 Å². The maximum absolute atomic E-state index is 13.2. The number of allylic oxidation sites excluding steroid dienone is 1. The molecule has 3 rings (SSSR count). The summed E-state index contributed by atoms with van der Waals surface area (Å²) in [5.41, 5.74) is 1.60. The van der Waals surface area contributed by atoms with Gasteiger partial charge in [0, 0.05) is 43.6 Å². The number of hydrogen-bond donors (Lipinski definition) is 0. The molecule has 0 atom stereocenters. The smallest absolute Gasteiger partial charge is 0.262 e. The van der Waals surface area contributed by atoms with E-state index in [0.29, 0.717) is 30.3 Å². The second-order valence-electron chi connectivity index (χ2n) is 7.30. The largest absolute Gasteiger partial charge is 0.361 e. The van der Waals surface area contributed by atoms with Crippen LogP contribution in [-0.4, -0.2) is 48.4 Å². The first-order chi connectivity index (χ1) is 11.9. The van der Waals surface area contributed by atoms with Gasteiger partial charge in [-0.1, -0.05) is 19.6 Å². The van der Waals surface area contributed by atoms with Crippen LogP contribution in [0.2, 0.25) is 25.7 Å². The van der Waals surface area contributed by atoms with Crippen molar-refractivity contribution in [2.24, 2.45) is 4.99 Å². The van der Waals surface area contributed by atoms with Crippen LogP contribution >= 0.6 is 0 Å². The average Bonchev–Trinajstić information content (AvgIpc) is 3.17. The maximum atomic E-state index is 13.2. The Morgan fingerprint density at radius 2 is 2.08 bits per heavy atom. The third-order valence-electron chi connectivity index (χ3n) is 4.13. The summed E-state index contributed by atoms with van der Waals surface area (Å²) in [6.07, 6.45) is 2.20. The summed E-state index contributed by atoms with van der Waals surface area (Å²) in [4.78, 5) is 12.5. The van der Waals surface area contributed by atoms with Crippen molar-refractivity contribution < 1.29 is 13.5 Å². The van der Waals surface area contributed by atoms with E-state index in [0.717, 1.165) is 11.4 Å². The van der Waals surface area contributed by atoms with E-state index in [-0.39, 0.29) is 12.1 Å². The second-order valence-corrected chi connectivity index (χ2v) is 12.9. The van der Waals surface area contributed by atoms with E-state index >= 15 is 0 Å². The third-order valence-corrected chi connectivity index (χ3v) is 5.83. The fraction of sp³-hybridized carbons (Fsp3) is 0.471. The van der Waals surface area contributed by atoms with Gasteiger partial charge in [0.15, 0.2) is 0 Å². The molecule has 2 aromatic rings. The Hall–Kier alpha value is -1.93. The van der Waals surface area contributed by atoms with E-state index in [1.165, 1.54) is 12.5 Å². The molecule has 0 unspecified atom stereocenters. The van der Waals surface area contributed by atoms with Crippen LogP contribution in [0.1, 0.15) is 5.69 Å². The molecule has 0 amide bonds. The molecule has 25 heavy (non-hydrogen) atoms. The fourth-order valence-electron chi connectivity index (χ4n) is 2.67. The van der Waals surface area contributed by atoms with Gasteiger partial charge >= 0.3 is 0 Å². The molecule has 0 N–H and O–H groups in total. The first kappa shape index (κ1) is 17.9. The van der Waals surface area contributed by atoms with E-state index in [1.807, 2.05) is 16.8 Å². The quantitative estimate of drug-likeness (QED) is 0.554. The van der Waals surface area contributed by atoms with Gasteiger partial charge in [0.25, 0.3) is 6.43 Å². The molecule has 5 nitrogen and oxygen atoms in total. The summed E-state index contributed by atoms with van der Waals surface area (Å²) >= 11 is 0. The Bertz CT molecular complexity index is 824. The summed E-state index contributed by atoms with van der Waals surface area (Å²) in [7, 11) is -1.13. The van der Waals surface area contributed by atoms with Crippen molar-refractivity contribution in [1.82, 2.24) is 14.5 Å². The molecule has 134 valence electrons. The number of rotatable bonds is 7. The van der Waals surface area contributed by atoms with Crippen molar-refractivity contribution in [2.45, 2.75) is 38.8 Å². The minimum Gasteiger partial charge on any atom is -0.361 e. The Balaban J connectivity index is 1.84. The third kappa shape index (κ3) is 4.01. The highest BCUT2D eigenvalue weighted by Crippen LogP contribution is 2.29. The minimum atomic E-state index is -2.53. The highest BCUT2D eigenvalue weighted by molar-refractivity contribution is 6.76. The predicted octanol–water partition coefficient (Wildman–Crippen LogP) is 3.85. The molecule has 0 bridgehead atoms. The summed E-state index contributed by atoms with van der Waals surface area (Å²) < 4.78 is 34.0. The van der Waals surface area contributed by atoms with Gasteiger partial charge in [0.05, 0.1) is 12.2 Å². The summed E-state index contributed by atoms with van der Waals surface area (Å²) in [6.45, 7) is 8.04. The Morgan fingerprint density at radius 1 is 1.28 bits per heavy atom. The topological polar surface area (TPSA) is 52.3 Å². The molecular formula is C17H22F2N4OSi. The zero-order valence-electron chi connectivity index (χ0n) is 14.7. The first-order valence-corrected chi connectivity index (χ1v) is 12.0. The van der Waals surface area contributed by atoms with Gasteiger partial charge in [-0.15, -0.1) is 0 Å². The number of hydrogen-bond acceptors (Lipinski definition) is 4. The van der Waals surface area contributed by atoms with Crippen LogP contribution in [0.15, 0.2) is 29.2 Å². The monoisotopic (exact) mass is 364 g/mol. The van der Waals surface area contributed by atoms with Crippen molar-refractivity contribution in [1.29, 1.82) is 0 Å². The number of nitrogens with zero attached hydrogens (tertiary/aromatic N) is 4. The number of aromatic nitrogens is 3. The molecule has 1 aliphatic heterocycles. The van der Waals surface area contributed by atoms with Crippen molar-refractivity contribution in [2.75, 3.05) is 13.2 Å². The molecule has 0 aromatic carbocycles. The zero-order chi connectivity index (χ0) is 18.0. The van der Waals surface area contributed by atoms with Crippen molar-refractivity contribution in [3.05, 3.63) is 29.9 Å². The van der Waals surface area contributed by atoms with Gasteiger partial charge in [0.2, 0.25) is 0 Å². The molecule has 0 radical (unpaired) electrons. The Labute approximate surface area is 146 Å². The molecule has 1 aliphatic rings. The number of fused-ring (bicyclic) bond motifs is 1. The molecule has 8 heteroatoms. The lowest BCUT2D eigenvalue weighted by atomic mass is 10.1. The van der Waals surface area contributed by atoms with E-state index < -0.39 is 14.5 Å². The highest BCUT2D eigenvalue weighted by Gasteiger charge is 2.23. The van der Waals surface area contributed by atoms with Gasteiger partial charge < -0.3 is 9.30 Å². The van der Waals surface area contributed by atoms with Gasteiger partial charge in [-0.3, -0.25) is 4.99 Å². The SMILES string of the molecule is C[Si](C)(C)CCOCn1ccc2c(C3=C(C(F)F)CN=C3)ncnc21. The molecular weight excluding hydrogens is 342 g/mol. The molecule has 0 saturated heterocycles. The van der Waals surface area contributed by atoms with Crippen molar-refractivity contribution in [3.8, 4) is 0 Å². The lowest BCUT2D eigenvalue weighted by Gasteiger charge is -2.15. The van der Waals surface area contributed by atoms with Crippen molar-refractivity contribution in [3.63, 3.8) is 0 Å². The van der Waals surface area contributed by atoms with Crippen LogP contribution in [0.4, 0.5) is 8.78 Å². The maximum Gasteiger partial charge on any atom is 0.262 e. The molecule has 2 aromatic heterocycles. The van der Waals surface area contributed by atoms with Gasteiger partial charge in [-0.05, 0) is 12.1 Å². The van der Waals surface area contributed by atoms with Crippen molar-refractivity contribution >= 4 is 30.9 Å². The van der Waals surface area contributed by atoms with E-state index in [1.54, 1.807) is 0 Å². The minimum absolute atomic E-state index is 0.0131. The predicted molar refractivity (Wildman–Crippen MR) is 97.9 cm³/mol. The zero-order valence-corrected chi connectivity index (χ0v) is 15.7. The lowest BCUT2D eigenvalue weighted by Crippen LogP contribution is -2.22. The highest BCUT2D eigenvalue weighted by atomic mass is 28.3. The Morgan fingerprint density at radius 3 is 2.80 bits per heavy atom. The number of aliphatic imine (C=N–C) groups is 1. The average molecular weight is 364 g/mol. The van der Waals surface area contributed by atoms with E-state index in [2.05, 4.69) is 34.6 Å². The fourth-order valence-corrected chi connectivity index (χ4v) is 3.42. The molecule has 0 aliphatic carbocycles. The van der Waals surface area contributed by atoms with Gasteiger partial charge in [-0.25, -0.2) is 18.7 Å². The molecule has 0 fully saturated rings. The summed E-state index contributed by atoms with van der Waals surface area (Å²) in [5.74, 6) is 0. The van der Waals surface area contributed by atoms with Gasteiger partial charge in [0.1, 0.15) is 18.7 Å². The Kier molecular flexibility index (Phi) is 5.10. The number of halogens is 2. The lowest BCUT2D eigenvalue weighted by molar-refractivity contribution is 0.0899. The second kappa shape index (κ2) is 7.13. The van der Waals surface area contributed by atoms with Crippen LogP contribution in [-0.2, 0) is 11.5 Å². The molecule has 0 saturated carbocycles. The molecule has 0 spiro atoms. The van der Waals surface area contributed by atoms with E-state index in [4.69, 9.17) is 4.74 Å². The number of alkyl halides is 2. The normalized spacial score (nSPS) is 15.1. The first-order valence-electron chi connectivity index (χ1n) is 8.26. The van der Waals surface area contributed by atoms with Crippen LogP contribution in [0.3, 0.4) is 0 Å². The van der Waals surface area contributed by atoms with Crippen LogP contribution in [0, 0.1) is 0 Å². The van der Waals surface area contributed by atoms with Gasteiger partial charge in [-0.2, -0.15) is 0 Å².